The normalized spacial score (nSPS) is 65.2. The quantitative estimate of drug-likeness (QED) is 0.356. The van der Waals surface area contributed by atoms with E-state index in [0.29, 0.717) is 0 Å². The number of aliphatic hydroxyl groups is 4. The lowest BCUT2D eigenvalue weighted by molar-refractivity contribution is -0.380. The average Bonchev–Trinajstić information content (AvgIpc) is 2.70. The van der Waals surface area contributed by atoms with Gasteiger partial charge in [0.15, 0.2) is 5.79 Å². The zero-order valence-corrected chi connectivity index (χ0v) is 9.85. The highest BCUT2D eigenvalue weighted by Crippen LogP contribution is 2.59. The van der Waals surface area contributed by atoms with Crippen molar-refractivity contribution in [1.82, 2.24) is 5.32 Å². The third-order valence-corrected chi connectivity index (χ3v) is 4.40. The molecule has 0 aromatic carbocycles. The second-order valence-corrected chi connectivity index (χ2v) is 5.26. The molecule has 2 fully saturated rings. The van der Waals surface area contributed by atoms with Gasteiger partial charge in [-0.05, 0) is 27.8 Å². The van der Waals surface area contributed by atoms with Gasteiger partial charge in [0.25, 0.3) is 0 Å². The Bertz CT molecular complexity index is 327. The topological polar surface area (TPSA) is 102 Å². The van der Waals surface area contributed by atoms with Crippen LogP contribution in [0.3, 0.4) is 0 Å². The molecule has 0 radical (unpaired) electrons. The van der Waals surface area contributed by atoms with Gasteiger partial charge in [-0.1, -0.05) is 0 Å². The minimum absolute atomic E-state index is 0.511. The lowest BCUT2D eigenvalue weighted by atomic mass is 9.72. The predicted octanol–water partition coefficient (Wildman–Crippen LogP) is -2.07. The first-order valence-electron chi connectivity index (χ1n) is 5.28. The summed E-state index contributed by atoms with van der Waals surface area (Å²) in [4.78, 5) is 0. The number of nitrogens with one attached hydrogen (secondary N) is 1. The Morgan fingerprint density at radius 1 is 1.00 bits per heavy atom. The van der Waals surface area contributed by atoms with E-state index in [2.05, 4.69) is 5.32 Å². The molecule has 2 rings (SSSR count). The molecule has 1 aliphatic heterocycles. The van der Waals surface area contributed by atoms with Crippen molar-refractivity contribution in [2.24, 2.45) is 0 Å². The number of ether oxygens (including phenoxy) is 1. The molecule has 2 aliphatic rings. The van der Waals surface area contributed by atoms with Crippen LogP contribution in [0.1, 0.15) is 20.8 Å². The Morgan fingerprint density at radius 3 is 1.94 bits per heavy atom. The fourth-order valence-electron chi connectivity index (χ4n) is 2.66. The second-order valence-electron chi connectivity index (χ2n) is 5.26. The fraction of sp³-hybridized carbons (Fsp3) is 1.00. The number of likely N-dealkylation sites (N-methyl/N-ethyl adjacent to an activating group) is 1. The zero-order chi connectivity index (χ0) is 12.6. The molecule has 0 bridgehead atoms. The number of rotatable bonds is 1. The summed E-state index contributed by atoms with van der Waals surface area (Å²) < 4.78 is 5.24. The smallest absolute Gasteiger partial charge is 0.195 e. The summed E-state index contributed by atoms with van der Waals surface area (Å²) in [7, 11) is 1.61. The molecule has 6 heteroatoms. The maximum atomic E-state index is 10.3. The molecule has 0 spiro atoms. The molecule has 1 aliphatic carbocycles. The van der Waals surface area contributed by atoms with E-state index < -0.39 is 34.7 Å². The van der Waals surface area contributed by atoms with Crippen LogP contribution < -0.4 is 5.32 Å². The average molecular weight is 233 g/mol. The SMILES string of the molecule is CNC1C2OC(C)(O)C(C)(O)C(C)(O)C12O. The summed E-state index contributed by atoms with van der Waals surface area (Å²) in [5.74, 6) is -1.92. The van der Waals surface area contributed by atoms with Gasteiger partial charge in [0.05, 0.1) is 6.04 Å². The van der Waals surface area contributed by atoms with E-state index in [-0.39, 0.29) is 0 Å². The Morgan fingerprint density at radius 2 is 1.50 bits per heavy atom. The Kier molecular flexibility index (Phi) is 2.12. The van der Waals surface area contributed by atoms with Crippen molar-refractivity contribution in [3.8, 4) is 0 Å². The van der Waals surface area contributed by atoms with Crippen LogP contribution in [0.2, 0.25) is 0 Å². The summed E-state index contributed by atoms with van der Waals surface area (Å²) >= 11 is 0. The first-order chi connectivity index (χ1) is 7.04. The molecule has 1 heterocycles. The maximum absolute atomic E-state index is 10.3. The van der Waals surface area contributed by atoms with Gasteiger partial charge in [-0.2, -0.15) is 0 Å². The van der Waals surface area contributed by atoms with Gasteiger partial charge >= 0.3 is 0 Å². The summed E-state index contributed by atoms with van der Waals surface area (Å²) in [6, 6.07) is -0.511. The maximum Gasteiger partial charge on any atom is 0.195 e. The number of hydrogen-bond donors (Lipinski definition) is 5. The van der Waals surface area contributed by atoms with Crippen molar-refractivity contribution in [3.63, 3.8) is 0 Å². The van der Waals surface area contributed by atoms with Crippen LogP contribution in [-0.4, -0.2) is 62.2 Å². The lowest BCUT2D eigenvalue weighted by Gasteiger charge is -2.52. The molecule has 94 valence electrons. The third kappa shape index (κ3) is 0.982. The van der Waals surface area contributed by atoms with Crippen molar-refractivity contribution in [2.45, 2.75) is 55.5 Å². The Labute approximate surface area is 93.9 Å². The third-order valence-electron chi connectivity index (χ3n) is 4.40. The predicted molar refractivity (Wildman–Crippen MR) is 54.5 cm³/mol. The van der Waals surface area contributed by atoms with Gasteiger partial charge in [0.2, 0.25) is 0 Å². The molecular weight excluding hydrogens is 214 g/mol. The van der Waals surface area contributed by atoms with E-state index in [1.807, 2.05) is 0 Å². The highest BCUT2D eigenvalue weighted by molar-refractivity contribution is 5.35. The summed E-state index contributed by atoms with van der Waals surface area (Å²) in [6.45, 7) is 3.81. The van der Waals surface area contributed by atoms with Crippen molar-refractivity contribution < 1.29 is 25.2 Å². The standard InChI is InChI=1S/C10H19NO5/c1-7(12)8(2,13)10(15)5(11-4)6(10)16-9(7,3)14/h5-6,11-15H,1-4H3. The van der Waals surface area contributed by atoms with E-state index in [4.69, 9.17) is 4.74 Å². The molecule has 0 aromatic heterocycles. The van der Waals surface area contributed by atoms with Crippen molar-refractivity contribution in [3.05, 3.63) is 0 Å². The van der Waals surface area contributed by atoms with Crippen molar-refractivity contribution in [1.29, 1.82) is 0 Å². The van der Waals surface area contributed by atoms with E-state index in [1.165, 1.54) is 20.8 Å². The molecule has 6 atom stereocenters. The van der Waals surface area contributed by atoms with Crippen LogP contribution in [-0.2, 0) is 4.74 Å². The fourth-order valence-corrected chi connectivity index (χ4v) is 2.66. The highest BCUT2D eigenvalue weighted by atomic mass is 16.7. The molecule has 6 nitrogen and oxygen atoms in total. The first-order valence-corrected chi connectivity index (χ1v) is 5.28. The molecule has 0 amide bonds. The second kappa shape index (κ2) is 2.77. The molecule has 6 unspecified atom stereocenters. The molecule has 0 aromatic rings. The first kappa shape index (κ1) is 12.2. The molecule has 1 saturated heterocycles. The van der Waals surface area contributed by atoms with Crippen LogP contribution in [0.5, 0.6) is 0 Å². The number of hydrogen-bond acceptors (Lipinski definition) is 6. The van der Waals surface area contributed by atoms with Crippen LogP contribution >= 0.6 is 0 Å². The minimum Gasteiger partial charge on any atom is -0.384 e. The largest absolute Gasteiger partial charge is 0.384 e. The van der Waals surface area contributed by atoms with Gasteiger partial charge in [0.1, 0.15) is 22.9 Å². The van der Waals surface area contributed by atoms with Gasteiger partial charge in [0, 0.05) is 0 Å². The highest BCUT2D eigenvalue weighted by Gasteiger charge is 2.84. The van der Waals surface area contributed by atoms with Crippen molar-refractivity contribution in [2.75, 3.05) is 7.05 Å². The van der Waals surface area contributed by atoms with Crippen LogP contribution in [0.4, 0.5) is 0 Å². The summed E-state index contributed by atoms with van der Waals surface area (Å²) in [6.07, 6.45) is -0.734. The Hall–Kier alpha value is -0.240. The van der Waals surface area contributed by atoms with Crippen LogP contribution in [0.25, 0.3) is 0 Å². The van der Waals surface area contributed by atoms with Gasteiger partial charge in [-0.15, -0.1) is 0 Å². The van der Waals surface area contributed by atoms with E-state index in [1.54, 1.807) is 7.05 Å². The lowest BCUT2D eigenvalue weighted by Crippen LogP contribution is -2.74. The van der Waals surface area contributed by atoms with Gasteiger partial charge in [-0.3, -0.25) is 0 Å². The van der Waals surface area contributed by atoms with Crippen molar-refractivity contribution >= 4 is 0 Å². The number of fused-ring (bicyclic) bond motifs is 1. The van der Waals surface area contributed by atoms with Crippen LogP contribution in [0, 0.1) is 0 Å². The summed E-state index contributed by atoms with van der Waals surface area (Å²) in [5.41, 5.74) is -5.44. The minimum atomic E-state index is -1.98. The summed E-state index contributed by atoms with van der Waals surface area (Å²) in [5, 5.41) is 43.6. The van der Waals surface area contributed by atoms with E-state index in [0.717, 1.165) is 0 Å². The van der Waals surface area contributed by atoms with Crippen LogP contribution in [0.15, 0.2) is 0 Å². The monoisotopic (exact) mass is 233 g/mol. The molecular formula is C10H19NO5. The van der Waals surface area contributed by atoms with E-state index >= 15 is 0 Å². The Balaban J connectivity index is 2.47. The zero-order valence-electron chi connectivity index (χ0n) is 9.85. The van der Waals surface area contributed by atoms with E-state index in [9.17, 15) is 20.4 Å². The van der Waals surface area contributed by atoms with Gasteiger partial charge < -0.3 is 30.5 Å². The van der Waals surface area contributed by atoms with Gasteiger partial charge in [-0.25, -0.2) is 0 Å². The molecule has 5 N–H and O–H groups in total. The molecule has 1 saturated carbocycles. The molecule has 16 heavy (non-hydrogen) atoms.